The molecule has 0 saturated carbocycles. The lowest BCUT2D eigenvalue weighted by molar-refractivity contribution is 0.299. The van der Waals surface area contributed by atoms with E-state index in [2.05, 4.69) is 6.92 Å². The lowest BCUT2D eigenvalue weighted by Crippen LogP contribution is -2.08. The maximum atomic E-state index is 13.9. The van der Waals surface area contributed by atoms with E-state index in [1.807, 2.05) is 74.5 Å². The average Bonchev–Trinajstić information content (AvgIpc) is 2.76. The monoisotopic (exact) mass is 432 g/mol. The lowest BCUT2D eigenvalue weighted by Gasteiger charge is -2.21. The maximum Gasteiger partial charge on any atom is 0.647 e. The Morgan fingerprint density at radius 3 is 2.19 bits per heavy atom. The standard InChI is InChI=1S/C26H25O4P/c1-4-21-13-15-23(16-14-21)28-31(27,29-25-17-12-19(2)18-20(25)3)30-26-11-7-9-22-8-5-6-10-24(22)26/h5-18H,4H2,1-3H3. The summed E-state index contributed by atoms with van der Waals surface area (Å²) < 4.78 is 31.6. The van der Waals surface area contributed by atoms with E-state index >= 15 is 0 Å². The van der Waals surface area contributed by atoms with Crippen molar-refractivity contribution in [3.8, 4) is 17.2 Å². The van der Waals surface area contributed by atoms with Crippen LogP contribution in [-0.2, 0) is 11.0 Å². The molecule has 0 radical (unpaired) electrons. The van der Waals surface area contributed by atoms with Gasteiger partial charge in [0.2, 0.25) is 0 Å². The van der Waals surface area contributed by atoms with Crippen molar-refractivity contribution in [3.05, 3.63) is 102 Å². The van der Waals surface area contributed by atoms with Crippen molar-refractivity contribution in [2.24, 2.45) is 0 Å². The summed E-state index contributed by atoms with van der Waals surface area (Å²) in [5, 5.41) is 1.81. The topological polar surface area (TPSA) is 44.8 Å². The molecule has 0 aromatic heterocycles. The summed E-state index contributed by atoms with van der Waals surface area (Å²) in [5.74, 6) is 1.32. The Balaban J connectivity index is 1.72. The minimum atomic E-state index is -4.06. The van der Waals surface area contributed by atoms with Gasteiger partial charge in [-0.2, -0.15) is 4.57 Å². The number of benzene rings is 4. The first-order valence-electron chi connectivity index (χ1n) is 10.3. The largest absolute Gasteiger partial charge is 0.647 e. The highest BCUT2D eigenvalue weighted by Crippen LogP contribution is 2.51. The van der Waals surface area contributed by atoms with Gasteiger partial charge in [-0.25, -0.2) is 0 Å². The molecule has 0 aliphatic carbocycles. The van der Waals surface area contributed by atoms with Crippen LogP contribution in [0.4, 0.5) is 0 Å². The summed E-state index contributed by atoms with van der Waals surface area (Å²) in [6.45, 7) is 5.98. The molecule has 0 aliphatic heterocycles. The van der Waals surface area contributed by atoms with Gasteiger partial charge in [-0.05, 0) is 61.0 Å². The number of phosphoric ester groups is 1. The summed E-state index contributed by atoms with van der Waals surface area (Å²) in [4.78, 5) is 0. The Morgan fingerprint density at radius 2 is 1.45 bits per heavy atom. The molecular weight excluding hydrogens is 407 g/mol. The molecule has 0 fully saturated rings. The van der Waals surface area contributed by atoms with E-state index < -0.39 is 7.82 Å². The molecule has 4 rings (SSSR count). The normalized spacial score (nSPS) is 12.9. The average molecular weight is 432 g/mol. The zero-order chi connectivity index (χ0) is 21.8. The smallest absolute Gasteiger partial charge is 0.386 e. The quantitative estimate of drug-likeness (QED) is 0.281. The minimum Gasteiger partial charge on any atom is -0.386 e. The van der Waals surface area contributed by atoms with E-state index in [0.717, 1.165) is 33.9 Å². The maximum absolute atomic E-state index is 13.9. The fourth-order valence-corrected chi connectivity index (χ4v) is 4.73. The van der Waals surface area contributed by atoms with Crippen LogP contribution in [-0.4, -0.2) is 0 Å². The summed E-state index contributed by atoms with van der Waals surface area (Å²) in [7, 11) is -4.06. The van der Waals surface area contributed by atoms with Gasteiger partial charge in [0.15, 0.2) is 0 Å². The SMILES string of the molecule is CCc1ccc(OP(=O)(Oc2ccc(C)cc2C)Oc2cccc3ccccc23)cc1. The first kappa shape index (κ1) is 21.0. The highest BCUT2D eigenvalue weighted by Gasteiger charge is 2.34. The fourth-order valence-electron chi connectivity index (χ4n) is 3.39. The van der Waals surface area contributed by atoms with Gasteiger partial charge >= 0.3 is 7.82 Å². The molecule has 0 bridgehead atoms. The number of aryl methyl sites for hydroxylation is 3. The third-order valence-corrected chi connectivity index (χ3v) is 6.32. The molecule has 4 aromatic carbocycles. The van der Waals surface area contributed by atoms with Crippen LogP contribution in [0, 0.1) is 13.8 Å². The van der Waals surface area contributed by atoms with Crippen molar-refractivity contribution in [1.82, 2.24) is 0 Å². The zero-order valence-electron chi connectivity index (χ0n) is 17.9. The molecular formula is C26H25O4P. The summed E-state index contributed by atoms with van der Waals surface area (Å²) >= 11 is 0. The van der Waals surface area contributed by atoms with E-state index in [1.54, 1.807) is 24.3 Å². The first-order valence-corrected chi connectivity index (χ1v) is 11.7. The predicted octanol–water partition coefficient (Wildman–Crippen LogP) is 7.66. The van der Waals surface area contributed by atoms with Crippen LogP contribution in [0.5, 0.6) is 17.2 Å². The van der Waals surface area contributed by atoms with Gasteiger partial charge in [0.1, 0.15) is 17.2 Å². The second kappa shape index (κ2) is 8.87. The number of hydrogen-bond donors (Lipinski definition) is 0. The highest BCUT2D eigenvalue weighted by molar-refractivity contribution is 7.49. The Hall–Kier alpha value is -3.23. The van der Waals surface area contributed by atoms with Crippen molar-refractivity contribution < 1.29 is 18.1 Å². The molecule has 1 atom stereocenters. The van der Waals surface area contributed by atoms with Crippen molar-refractivity contribution in [3.63, 3.8) is 0 Å². The van der Waals surface area contributed by atoms with Gasteiger partial charge in [-0.3, -0.25) is 0 Å². The summed E-state index contributed by atoms with van der Waals surface area (Å²) in [5.41, 5.74) is 3.10. The lowest BCUT2D eigenvalue weighted by atomic mass is 10.1. The van der Waals surface area contributed by atoms with Crippen molar-refractivity contribution in [1.29, 1.82) is 0 Å². The Labute approximate surface area is 183 Å². The molecule has 0 saturated heterocycles. The third-order valence-electron chi connectivity index (χ3n) is 5.05. The molecule has 0 amide bonds. The minimum absolute atomic E-state index is 0.422. The fraction of sp³-hybridized carbons (Fsp3) is 0.154. The van der Waals surface area contributed by atoms with Gasteiger partial charge in [-0.15, -0.1) is 0 Å². The van der Waals surface area contributed by atoms with Crippen molar-refractivity contribution >= 4 is 18.6 Å². The summed E-state index contributed by atoms with van der Waals surface area (Å²) in [6, 6.07) is 26.4. The molecule has 0 N–H and O–H groups in total. The molecule has 31 heavy (non-hydrogen) atoms. The third kappa shape index (κ3) is 4.92. The Kier molecular flexibility index (Phi) is 6.01. The molecule has 0 spiro atoms. The Bertz CT molecular complexity index is 1240. The van der Waals surface area contributed by atoms with Gasteiger partial charge < -0.3 is 13.6 Å². The van der Waals surface area contributed by atoms with E-state index in [-0.39, 0.29) is 0 Å². The van der Waals surface area contributed by atoms with Crippen LogP contribution in [0.15, 0.2) is 84.9 Å². The first-order chi connectivity index (χ1) is 15.0. The Morgan fingerprint density at radius 1 is 0.742 bits per heavy atom. The van der Waals surface area contributed by atoms with Crippen LogP contribution in [0.3, 0.4) is 0 Å². The molecule has 0 heterocycles. The number of fused-ring (bicyclic) bond motifs is 1. The van der Waals surface area contributed by atoms with E-state index in [1.165, 1.54) is 0 Å². The van der Waals surface area contributed by atoms with Crippen LogP contribution in [0.2, 0.25) is 0 Å². The predicted molar refractivity (Wildman–Crippen MR) is 125 cm³/mol. The second-order valence-corrected chi connectivity index (χ2v) is 8.91. The zero-order valence-corrected chi connectivity index (χ0v) is 18.8. The van der Waals surface area contributed by atoms with Gasteiger partial charge in [0.25, 0.3) is 0 Å². The number of hydrogen-bond acceptors (Lipinski definition) is 4. The van der Waals surface area contributed by atoms with Crippen LogP contribution in [0.25, 0.3) is 10.8 Å². The van der Waals surface area contributed by atoms with Crippen LogP contribution >= 0.6 is 7.82 Å². The van der Waals surface area contributed by atoms with Gasteiger partial charge in [-0.1, -0.05) is 73.2 Å². The van der Waals surface area contributed by atoms with Crippen LogP contribution in [0.1, 0.15) is 23.6 Å². The van der Waals surface area contributed by atoms with Gasteiger partial charge in [0, 0.05) is 5.39 Å². The van der Waals surface area contributed by atoms with E-state index in [0.29, 0.717) is 17.2 Å². The summed E-state index contributed by atoms with van der Waals surface area (Å²) in [6.07, 6.45) is 0.906. The molecule has 4 aromatic rings. The van der Waals surface area contributed by atoms with E-state index in [4.69, 9.17) is 13.6 Å². The highest BCUT2D eigenvalue weighted by atomic mass is 31.2. The second-order valence-electron chi connectivity index (χ2n) is 7.46. The van der Waals surface area contributed by atoms with Crippen LogP contribution < -0.4 is 13.6 Å². The molecule has 4 nitrogen and oxygen atoms in total. The molecule has 158 valence electrons. The van der Waals surface area contributed by atoms with Gasteiger partial charge in [0.05, 0.1) is 0 Å². The molecule has 1 unspecified atom stereocenters. The van der Waals surface area contributed by atoms with Crippen molar-refractivity contribution in [2.75, 3.05) is 0 Å². The van der Waals surface area contributed by atoms with Crippen molar-refractivity contribution in [2.45, 2.75) is 27.2 Å². The number of phosphoric acid groups is 1. The van der Waals surface area contributed by atoms with E-state index in [9.17, 15) is 4.57 Å². The number of rotatable bonds is 7. The molecule has 5 heteroatoms. The molecule has 0 aliphatic rings.